The molecule has 3 heteroatoms. The Morgan fingerprint density at radius 3 is 1.32 bits per heavy atom. The molecule has 0 bridgehead atoms. The summed E-state index contributed by atoms with van der Waals surface area (Å²) < 4.78 is 8.81. The molecule has 0 unspecified atom stereocenters. The minimum atomic E-state index is 0.824. The Balaban J connectivity index is 1.74. The van der Waals surface area contributed by atoms with E-state index in [1.165, 1.54) is 33.4 Å². The fourth-order valence-electron chi connectivity index (χ4n) is 3.76. The van der Waals surface area contributed by atoms with E-state index >= 15 is 0 Å². The maximum absolute atomic E-state index is 6.62. The molecule has 0 aliphatic carbocycles. The smallest absolute Gasteiger partial charge is 0.131 e. The largest absolute Gasteiger partial charge is 0.457 e. The van der Waals surface area contributed by atoms with Gasteiger partial charge in [0.25, 0.3) is 0 Å². The maximum atomic E-state index is 6.62. The molecule has 156 valence electrons. The summed E-state index contributed by atoms with van der Waals surface area (Å²) in [5, 5.41) is 0. The van der Waals surface area contributed by atoms with Crippen LogP contribution >= 0.6 is 31.9 Å². The number of ether oxygens (including phenoxy) is 1. The predicted molar refractivity (Wildman–Crippen MR) is 136 cm³/mol. The van der Waals surface area contributed by atoms with E-state index in [2.05, 4.69) is 131 Å². The molecule has 0 aromatic heterocycles. The molecule has 0 amide bonds. The van der Waals surface area contributed by atoms with E-state index in [0.717, 1.165) is 33.3 Å². The highest BCUT2D eigenvalue weighted by molar-refractivity contribution is 9.10. The molecule has 1 nitrogen and oxygen atoms in total. The molecule has 0 aliphatic heterocycles. The first-order valence-electron chi connectivity index (χ1n) is 10.3. The Labute approximate surface area is 201 Å². The van der Waals surface area contributed by atoms with Crippen LogP contribution in [0.5, 0.6) is 11.5 Å². The van der Waals surface area contributed by atoms with Crippen molar-refractivity contribution in [1.29, 1.82) is 0 Å². The highest BCUT2D eigenvalue weighted by atomic mass is 79.9. The summed E-state index contributed by atoms with van der Waals surface area (Å²) in [6.07, 6.45) is 1.65. The number of halogens is 2. The van der Waals surface area contributed by atoms with Crippen molar-refractivity contribution in [1.82, 2.24) is 0 Å². The van der Waals surface area contributed by atoms with Gasteiger partial charge in [-0.2, -0.15) is 0 Å². The van der Waals surface area contributed by atoms with Crippen molar-refractivity contribution in [2.45, 2.75) is 26.7 Å². The molecule has 0 saturated heterocycles. The zero-order valence-electron chi connectivity index (χ0n) is 17.7. The molecule has 0 fully saturated rings. The lowest BCUT2D eigenvalue weighted by Gasteiger charge is -2.19. The van der Waals surface area contributed by atoms with Crippen LogP contribution in [0.2, 0.25) is 0 Å². The van der Waals surface area contributed by atoms with Crippen molar-refractivity contribution < 1.29 is 4.74 Å². The van der Waals surface area contributed by atoms with Crippen molar-refractivity contribution in [2.75, 3.05) is 0 Å². The van der Waals surface area contributed by atoms with Crippen molar-refractivity contribution in [3.05, 3.63) is 127 Å². The third-order valence-corrected chi connectivity index (χ3v) is 7.36. The molecule has 31 heavy (non-hydrogen) atoms. The zero-order chi connectivity index (χ0) is 21.8. The predicted octanol–water partition coefficient (Wildman–Crippen LogP) is 8.80. The first kappa shape index (κ1) is 21.9. The summed E-state index contributed by atoms with van der Waals surface area (Å²) in [5.74, 6) is 1.81. The second-order valence-electron chi connectivity index (χ2n) is 7.72. The quantitative estimate of drug-likeness (QED) is 0.239. The highest BCUT2D eigenvalue weighted by Crippen LogP contribution is 2.37. The third kappa shape index (κ3) is 5.11. The van der Waals surface area contributed by atoms with Crippen LogP contribution in [0.1, 0.15) is 33.4 Å². The van der Waals surface area contributed by atoms with Crippen LogP contribution in [-0.2, 0) is 12.8 Å². The van der Waals surface area contributed by atoms with E-state index in [-0.39, 0.29) is 0 Å². The summed E-state index contributed by atoms with van der Waals surface area (Å²) >= 11 is 7.39. The summed E-state index contributed by atoms with van der Waals surface area (Å²) in [5.41, 5.74) is 7.35. The van der Waals surface area contributed by atoms with Gasteiger partial charge < -0.3 is 4.74 Å². The molecule has 0 saturated carbocycles. The molecule has 4 rings (SSSR count). The van der Waals surface area contributed by atoms with Gasteiger partial charge >= 0.3 is 0 Å². The SMILES string of the molecule is Cc1c(Br)ccc(Oc2ccc(Br)c(C)c2Cc2ccccc2)c1Cc1ccccc1. The van der Waals surface area contributed by atoms with Crippen molar-refractivity contribution in [2.24, 2.45) is 0 Å². The third-order valence-electron chi connectivity index (χ3n) is 5.65. The Bertz CT molecular complexity index is 1090. The standard InChI is InChI=1S/C28H24Br2O/c1-19-23(17-21-9-5-3-6-10-21)27(15-13-25(19)29)31-28-16-14-26(30)20(2)24(28)18-22-11-7-4-8-12-22/h3-16H,17-18H2,1-2H3. The minimum absolute atomic E-state index is 0.824. The van der Waals surface area contributed by atoms with Crippen LogP contribution in [0, 0.1) is 13.8 Å². The molecular weight excluding hydrogens is 512 g/mol. The zero-order valence-corrected chi connectivity index (χ0v) is 20.8. The first-order valence-corrected chi connectivity index (χ1v) is 11.9. The Morgan fingerprint density at radius 1 is 0.548 bits per heavy atom. The van der Waals surface area contributed by atoms with E-state index in [0.29, 0.717) is 0 Å². The van der Waals surface area contributed by atoms with E-state index in [9.17, 15) is 0 Å². The van der Waals surface area contributed by atoms with Crippen LogP contribution in [0.25, 0.3) is 0 Å². The van der Waals surface area contributed by atoms with Gasteiger partial charge in [0.1, 0.15) is 11.5 Å². The summed E-state index contributed by atoms with van der Waals surface area (Å²) in [6, 6.07) is 29.4. The fourth-order valence-corrected chi connectivity index (χ4v) is 4.50. The second-order valence-corrected chi connectivity index (χ2v) is 9.43. The normalized spacial score (nSPS) is 10.8. The Hall–Kier alpha value is -2.36. The summed E-state index contributed by atoms with van der Waals surface area (Å²) in [7, 11) is 0. The van der Waals surface area contributed by atoms with Gasteiger partial charge in [-0.1, -0.05) is 92.5 Å². The van der Waals surface area contributed by atoms with Crippen LogP contribution in [0.3, 0.4) is 0 Å². The average Bonchev–Trinajstić information content (AvgIpc) is 2.79. The lowest BCUT2D eigenvalue weighted by molar-refractivity contribution is 0.471. The van der Waals surface area contributed by atoms with Crippen LogP contribution in [-0.4, -0.2) is 0 Å². The van der Waals surface area contributed by atoms with Gasteiger partial charge in [0, 0.05) is 32.9 Å². The van der Waals surface area contributed by atoms with Gasteiger partial charge in [0.15, 0.2) is 0 Å². The van der Waals surface area contributed by atoms with Gasteiger partial charge in [0.05, 0.1) is 0 Å². The highest BCUT2D eigenvalue weighted by Gasteiger charge is 2.16. The molecule has 0 spiro atoms. The topological polar surface area (TPSA) is 9.23 Å². The van der Waals surface area contributed by atoms with E-state index in [4.69, 9.17) is 4.74 Å². The molecule has 0 aliphatic rings. The average molecular weight is 536 g/mol. The molecule has 0 N–H and O–H groups in total. The fraction of sp³-hybridized carbons (Fsp3) is 0.143. The van der Waals surface area contributed by atoms with Crippen LogP contribution < -0.4 is 4.74 Å². The molecule has 0 atom stereocenters. The van der Waals surface area contributed by atoms with Crippen molar-refractivity contribution in [3.63, 3.8) is 0 Å². The second kappa shape index (κ2) is 9.84. The Morgan fingerprint density at radius 2 is 0.935 bits per heavy atom. The van der Waals surface area contributed by atoms with E-state index in [1.54, 1.807) is 0 Å². The molecule has 0 radical (unpaired) electrons. The first-order chi connectivity index (χ1) is 15.0. The van der Waals surface area contributed by atoms with Crippen LogP contribution in [0.15, 0.2) is 93.9 Å². The molecular formula is C28H24Br2O. The minimum Gasteiger partial charge on any atom is -0.457 e. The van der Waals surface area contributed by atoms with Gasteiger partial charge in [-0.15, -0.1) is 0 Å². The number of hydrogen-bond donors (Lipinski definition) is 0. The van der Waals surface area contributed by atoms with Crippen molar-refractivity contribution >= 4 is 31.9 Å². The molecule has 0 heterocycles. The summed E-state index contributed by atoms with van der Waals surface area (Å²) in [6.45, 7) is 4.29. The van der Waals surface area contributed by atoms with E-state index < -0.39 is 0 Å². The van der Waals surface area contributed by atoms with Crippen molar-refractivity contribution in [3.8, 4) is 11.5 Å². The number of benzene rings is 4. The molecule has 4 aromatic carbocycles. The van der Waals surface area contributed by atoms with Crippen LogP contribution in [0.4, 0.5) is 0 Å². The number of rotatable bonds is 6. The maximum Gasteiger partial charge on any atom is 0.131 e. The monoisotopic (exact) mass is 534 g/mol. The molecule has 4 aromatic rings. The Kier molecular flexibility index (Phi) is 6.94. The van der Waals surface area contributed by atoms with Gasteiger partial charge in [0.2, 0.25) is 0 Å². The van der Waals surface area contributed by atoms with Gasteiger partial charge in [-0.25, -0.2) is 0 Å². The van der Waals surface area contributed by atoms with E-state index in [1.807, 2.05) is 0 Å². The summed E-state index contributed by atoms with van der Waals surface area (Å²) in [4.78, 5) is 0. The number of hydrogen-bond acceptors (Lipinski definition) is 1. The van der Waals surface area contributed by atoms with Gasteiger partial charge in [-0.05, 0) is 60.4 Å². The lowest BCUT2D eigenvalue weighted by Crippen LogP contribution is -2.01. The van der Waals surface area contributed by atoms with Gasteiger partial charge in [-0.3, -0.25) is 0 Å². The lowest BCUT2D eigenvalue weighted by atomic mass is 9.98.